The molecule has 1 aromatic rings. The summed E-state index contributed by atoms with van der Waals surface area (Å²) in [6, 6.07) is 4.72. The first-order valence-electron chi connectivity index (χ1n) is 7.09. The summed E-state index contributed by atoms with van der Waals surface area (Å²) in [6.45, 7) is 1.61. The molecule has 1 heterocycles. The average Bonchev–Trinajstić information content (AvgIpc) is 2.87. The highest BCUT2D eigenvalue weighted by molar-refractivity contribution is 9.10. The lowest BCUT2D eigenvalue weighted by Gasteiger charge is -2.37. The zero-order valence-corrected chi connectivity index (χ0v) is 12.8. The smallest absolute Gasteiger partial charge is 0.232 e. The minimum absolute atomic E-state index is 0.0339. The van der Waals surface area contributed by atoms with Crippen molar-refractivity contribution in [2.24, 2.45) is 11.3 Å². The van der Waals surface area contributed by atoms with Gasteiger partial charge in [0.2, 0.25) is 5.91 Å². The Kier molecular flexibility index (Phi) is 3.82. The van der Waals surface area contributed by atoms with Gasteiger partial charge in [-0.25, -0.2) is 4.39 Å². The standard InChI is InChI=1S/C15H18BrFN2O/c16-11-4-5-13(12(17)7-11)19-14(20)15-6-2-1-3-10(15)8-18-9-15/h4-5,7,10,18H,1-3,6,8-9H2,(H,19,20)/t10-,15+/m0/s1. The van der Waals surface area contributed by atoms with Gasteiger partial charge in [0.25, 0.3) is 0 Å². The summed E-state index contributed by atoms with van der Waals surface area (Å²) in [7, 11) is 0. The number of fused-ring (bicyclic) bond motifs is 1. The molecule has 2 N–H and O–H groups in total. The number of benzene rings is 1. The van der Waals surface area contributed by atoms with Crippen LogP contribution in [0.3, 0.4) is 0 Å². The molecule has 1 aliphatic carbocycles. The van der Waals surface area contributed by atoms with Crippen LogP contribution in [-0.4, -0.2) is 19.0 Å². The fourth-order valence-corrected chi connectivity index (χ4v) is 3.86. The van der Waals surface area contributed by atoms with E-state index in [1.54, 1.807) is 12.1 Å². The first-order chi connectivity index (χ1) is 9.62. The lowest BCUT2D eigenvalue weighted by Crippen LogP contribution is -2.44. The van der Waals surface area contributed by atoms with Crippen LogP contribution in [0.25, 0.3) is 0 Å². The summed E-state index contributed by atoms with van der Waals surface area (Å²) in [6.07, 6.45) is 4.25. The number of carbonyl (C=O) groups excluding carboxylic acids is 1. The van der Waals surface area contributed by atoms with Crippen LogP contribution in [0.15, 0.2) is 22.7 Å². The maximum absolute atomic E-state index is 13.9. The minimum Gasteiger partial charge on any atom is -0.323 e. The Morgan fingerprint density at radius 2 is 2.30 bits per heavy atom. The molecule has 1 saturated heterocycles. The fraction of sp³-hybridized carbons (Fsp3) is 0.533. The topological polar surface area (TPSA) is 41.1 Å². The van der Waals surface area contributed by atoms with Crippen LogP contribution in [0, 0.1) is 17.2 Å². The Hall–Kier alpha value is -0.940. The molecule has 1 amide bonds. The molecule has 0 unspecified atom stereocenters. The lowest BCUT2D eigenvalue weighted by molar-refractivity contribution is -0.128. The van der Waals surface area contributed by atoms with Gasteiger partial charge in [-0.2, -0.15) is 0 Å². The summed E-state index contributed by atoms with van der Waals surface area (Å²) in [5.41, 5.74) is -0.0820. The van der Waals surface area contributed by atoms with Crippen molar-refractivity contribution in [1.82, 2.24) is 5.32 Å². The van der Waals surface area contributed by atoms with E-state index < -0.39 is 5.82 Å². The third-order valence-electron chi connectivity index (χ3n) is 4.67. The van der Waals surface area contributed by atoms with Crippen LogP contribution in [0.1, 0.15) is 25.7 Å². The number of amides is 1. The zero-order valence-electron chi connectivity index (χ0n) is 11.2. The van der Waals surface area contributed by atoms with Gasteiger partial charge in [0, 0.05) is 11.0 Å². The predicted octanol–water partition coefficient (Wildman–Crippen LogP) is 3.31. The largest absolute Gasteiger partial charge is 0.323 e. The predicted molar refractivity (Wildman–Crippen MR) is 80.0 cm³/mol. The molecule has 0 aromatic heterocycles. The molecular weight excluding hydrogens is 323 g/mol. The molecule has 0 bridgehead atoms. The van der Waals surface area contributed by atoms with Crippen molar-refractivity contribution >= 4 is 27.5 Å². The van der Waals surface area contributed by atoms with E-state index in [9.17, 15) is 9.18 Å². The van der Waals surface area contributed by atoms with Crippen molar-refractivity contribution in [3.05, 3.63) is 28.5 Å². The lowest BCUT2D eigenvalue weighted by atomic mass is 9.67. The van der Waals surface area contributed by atoms with Crippen molar-refractivity contribution in [1.29, 1.82) is 0 Å². The summed E-state index contributed by atoms with van der Waals surface area (Å²) in [5, 5.41) is 6.13. The highest BCUT2D eigenvalue weighted by Gasteiger charge is 2.49. The zero-order chi connectivity index (χ0) is 14.2. The Bertz CT molecular complexity index is 537. The number of rotatable bonds is 2. The maximum Gasteiger partial charge on any atom is 0.232 e. The van der Waals surface area contributed by atoms with Crippen molar-refractivity contribution in [3.8, 4) is 0 Å². The van der Waals surface area contributed by atoms with Crippen molar-refractivity contribution in [2.75, 3.05) is 18.4 Å². The maximum atomic E-state index is 13.9. The van der Waals surface area contributed by atoms with E-state index in [2.05, 4.69) is 26.6 Å². The van der Waals surface area contributed by atoms with Crippen LogP contribution >= 0.6 is 15.9 Å². The third kappa shape index (κ3) is 2.37. The van der Waals surface area contributed by atoms with Gasteiger partial charge in [-0.1, -0.05) is 28.8 Å². The molecule has 2 fully saturated rings. The van der Waals surface area contributed by atoms with E-state index in [0.717, 1.165) is 25.8 Å². The highest BCUT2D eigenvalue weighted by atomic mass is 79.9. The molecule has 108 valence electrons. The van der Waals surface area contributed by atoms with Gasteiger partial charge in [-0.3, -0.25) is 4.79 Å². The first-order valence-corrected chi connectivity index (χ1v) is 7.88. The number of halogens is 2. The van der Waals surface area contributed by atoms with Gasteiger partial charge in [-0.05, 0) is 43.5 Å². The molecule has 3 nitrogen and oxygen atoms in total. The van der Waals surface area contributed by atoms with Gasteiger partial charge < -0.3 is 10.6 Å². The quantitative estimate of drug-likeness (QED) is 0.867. The number of hydrogen-bond acceptors (Lipinski definition) is 2. The number of nitrogens with one attached hydrogen (secondary N) is 2. The van der Waals surface area contributed by atoms with E-state index >= 15 is 0 Å². The number of carbonyl (C=O) groups is 1. The van der Waals surface area contributed by atoms with Crippen LogP contribution < -0.4 is 10.6 Å². The molecule has 0 spiro atoms. The molecule has 1 saturated carbocycles. The number of anilines is 1. The van der Waals surface area contributed by atoms with Gasteiger partial charge in [0.05, 0.1) is 11.1 Å². The first kappa shape index (κ1) is 14.0. The Balaban J connectivity index is 1.81. The highest BCUT2D eigenvalue weighted by Crippen LogP contribution is 2.44. The Morgan fingerprint density at radius 3 is 3.10 bits per heavy atom. The van der Waals surface area contributed by atoms with Gasteiger partial charge >= 0.3 is 0 Å². The third-order valence-corrected chi connectivity index (χ3v) is 5.16. The van der Waals surface area contributed by atoms with E-state index in [4.69, 9.17) is 0 Å². The Morgan fingerprint density at radius 1 is 1.45 bits per heavy atom. The minimum atomic E-state index is -0.401. The van der Waals surface area contributed by atoms with E-state index in [1.807, 2.05) is 0 Å². The van der Waals surface area contributed by atoms with Crippen LogP contribution in [0.4, 0.5) is 10.1 Å². The van der Waals surface area contributed by atoms with Crippen molar-refractivity contribution < 1.29 is 9.18 Å². The summed E-state index contributed by atoms with van der Waals surface area (Å²) in [4.78, 5) is 12.7. The fourth-order valence-electron chi connectivity index (χ4n) is 3.53. The van der Waals surface area contributed by atoms with Gasteiger partial charge in [0.1, 0.15) is 5.82 Å². The molecule has 1 aromatic carbocycles. The molecule has 2 aliphatic rings. The monoisotopic (exact) mass is 340 g/mol. The van der Waals surface area contributed by atoms with Gasteiger partial charge in [-0.15, -0.1) is 0 Å². The molecule has 20 heavy (non-hydrogen) atoms. The molecule has 3 rings (SSSR count). The SMILES string of the molecule is O=C(Nc1ccc(Br)cc1F)[C@@]12CCCC[C@H]1CNC2. The molecular formula is C15H18BrFN2O. The van der Waals surface area contributed by atoms with Crippen molar-refractivity contribution in [2.45, 2.75) is 25.7 Å². The molecule has 5 heteroatoms. The Labute approximate surface area is 126 Å². The van der Waals surface area contributed by atoms with Crippen molar-refractivity contribution in [3.63, 3.8) is 0 Å². The molecule has 1 aliphatic heterocycles. The van der Waals surface area contributed by atoms with E-state index in [-0.39, 0.29) is 17.0 Å². The average molecular weight is 341 g/mol. The summed E-state index contributed by atoms with van der Waals surface area (Å²) < 4.78 is 14.5. The van der Waals surface area contributed by atoms with E-state index in [0.29, 0.717) is 16.9 Å². The van der Waals surface area contributed by atoms with Crippen LogP contribution in [0.2, 0.25) is 0 Å². The van der Waals surface area contributed by atoms with E-state index in [1.165, 1.54) is 12.5 Å². The second-order valence-electron chi connectivity index (χ2n) is 5.81. The number of hydrogen-bond donors (Lipinski definition) is 2. The van der Waals surface area contributed by atoms with Crippen LogP contribution in [-0.2, 0) is 4.79 Å². The molecule has 2 atom stereocenters. The second kappa shape index (κ2) is 5.45. The summed E-state index contributed by atoms with van der Waals surface area (Å²) >= 11 is 3.22. The summed E-state index contributed by atoms with van der Waals surface area (Å²) in [5.74, 6) is -0.0503. The molecule has 0 radical (unpaired) electrons. The van der Waals surface area contributed by atoms with Gasteiger partial charge in [0.15, 0.2) is 0 Å². The van der Waals surface area contributed by atoms with Crippen LogP contribution in [0.5, 0.6) is 0 Å². The normalized spacial score (nSPS) is 29.0. The second-order valence-corrected chi connectivity index (χ2v) is 6.72.